The van der Waals surface area contributed by atoms with E-state index in [0.717, 1.165) is 22.0 Å². The van der Waals surface area contributed by atoms with Gasteiger partial charge in [-0.2, -0.15) is 0 Å². The standard InChI is InChI=1S/C26H23BrN2O5/c1-13-8-18(9-14(2)23(13)27)28-20(30)12-34-26(33)17-4-3-5-19(11-17)29-24(31)21-15-6-7-16(10-15)22(21)25(29)32/h3-9,11,15-16,21-22H,10,12H2,1-2H3,(H,28,30)/t15-,16-,21+,22+/m0/s1. The molecule has 0 spiro atoms. The van der Waals surface area contributed by atoms with E-state index in [4.69, 9.17) is 4.74 Å². The number of aryl methyl sites for hydroxylation is 2. The van der Waals surface area contributed by atoms with Crippen molar-refractivity contribution in [3.8, 4) is 0 Å². The van der Waals surface area contributed by atoms with Crippen molar-refractivity contribution in [3.63, 3.8) is 0 Å². The van der Waals surface area contributed by atoms with Crippen LogP contribution in [0.5, 0.6) is 0 Å². The first-order valence-corrected chi connectivity index (χ1v) is 11.9. The van der Waals surface area contributed by atoms with Crippen molar-refractivity contribution in [1.29, 1.82) is 0 Å². The van der Waals surface area contributed by atoms with E-state index in [-0.39, 0.29) is 41.0 Å². The van der Waals surface area contributed by atoms with Gasteiger partial charge >= 0.3 is 5.97 Å². The van der Waals surface area contributed by atoms with Gasteiger partial charge in [-0.25, -0.2) is 9.69 Å². The van der Waals surface area contributed by atoms with Gasteiger partial charge in [-0.1, -0.05) is 34.1 Å². The summed E-state index contributed by atoms with van der Waals surface area (Å²) >= 11 is 3.48. The first-order chi connectivity index (χ1) is 16.2. The lowest BCUT2D eigenvalue weighted by atomic mass is 9.85. The van der Waals surface area contributed by atoms with Crippen LogP contribution in [0.15, 0.2) is 53.0 Å². The summed E-state index contributed by atoms with van der Waals surface area (Å²) in [6, 6.07) is 9.87. The number of hydrogen-bond donors (Lipinski definition) is 1. The molecule has 1 saturated heterocycles. The van der Waals surface area contributed by atoms with Crippen LogP contribution in [0, 0.1) is 37.5 Å². The second-order valence-electron chi connectivity index (χ2n) is 9.11. The Balaban J connectivity index is 1.24. The second kappa shape index (κ2) is 8.51. The summed E-state index contributed by atoms with van der Waals surface area (Å²) in [5.74, 6) is -2.00. The van der Waals surface area contributed by atoms with Crippen molar-refractivity contribution < 1.29 is 23.9 Å². The number of carbonyl (C=O) groups is 4. The monoisotopic (exact) mass is 522 g/mol. The molecule has 2 aromatic carbocycles. The van der Waals surface area contributed by atoms with E-state index in [1.54, 1.807) is 12.1 Å². The maximum absolute atomic E-state index is 13.0. The van der Waals surface area contributed by atoms with E-state index in [0.29, 0.717) is 11.4 Å². The smallest absolute Gasteiger partial charge is 0.338 e. The van der Waals surface area contributed by atoms with E-state index >= 15 is 0 Å². The van der Waals surface area contributed by atoms with Gasteiger partial charge in [-0.3, -0.25) is 14.4 Å². The van der Waals surface area contributed by atoms with Crippen molar-refractivity contribution in [2.75, 3.05) is 16.8 Å². The maximum atomic E-state index is 13.0. The highest BCUT2D eigenvalue weighted by Gasteiger charge is 2.59. The molecule has 1 aliphatic heterocycles. The Morgan fingerprint density at radius 2 is 1.65 bits per heavy atom. The largest absolute Gasteiger partial charge is 0.452 e. The average Bonchev–Trinajstić information content (AvgIpc) is 3.49. The van der Waals surface area contributed by atoms with Gasteiger partial charge in [-0.15, -0.1) is 0 Å². The molecular weight excluding hydrogens is 500 g/mol. The average molecular weight is 523 g/mol. The Morgan fingerprint density at radius 3 is 2.26 bits per heavy atom. The van der Waals surface area contributed by atoms with Crippen LogP contribution < -0.4 is 10.2 Å². The Morgan fingerprint density at radius 1 is 1.03 bits per heavy atom. The number of anilines is 2. The van der Waals surface area contributed by atoms with Crippen molar-refractivity contribution in [3.05, 3.63) is 69.7 Å². The van der Waals surface area contributed by atoms with Crippen LogP contribution >= 0.6 is 15.9 Å². The molecule has 1 N–H and O–H groups in total. The zero-order valence-electron chi connectivity index (χ0n) is 18.7. The van der Waals surface area contributed by atoms with E-state index in [1.807, 2.05) is 38.1 Å². The fourth-order valence-corrected chi connectivity index (χ4v) is 5.59. The lowest BCUT2D eigenvalue weighted by molar-refractivity contribution is -0.123. The van der Waals surface area contributed by atoms with E-state index in [9.17, 15) is 19.2 Å². The summed E-state index contributed by atoms with van der Waals surface area (Å²) in [7, 11) is 0. The molecule has 0 aromatic heterocycles. The molecule has 2 fully saturated rings. The molecular formula is C26H23BrN2O5. The van der Waals surface area contributed by atoms with Gasteiger partial charge < -0.3 is 10.1 Å². The highest BCUT2D eigenvalue weighted by Crippen LogP contribution is 2.53. The second-order valence-corrected chi connectivity index (χ2v) is 9.90. The molecule has 8 heteroatoms. The van der Waals surface area contributed by atoms with Crippen molar-refractivity contribution >= 4 is 51.0 Å². The van der Waals surface area contributed by atoms with Gasteiger partial charge in [0, 0.05) is 10.2 Å². The van der Waals surface area contributed by atoms with Crippen LogP contribution in [0.1, 0.15) is 27.9 Å². The summed E-state index contributed by atoms with van der Waals surface area (Å²) in [6.07, 6.45) is 4.93. The quantitative estimate of drug-likeness (QED) is 0.361. The molecule has 2 bridgehead atoms. The first-order valence-electron chi connectivity index (χ1n) is 11.1. The number of amides is 3. The lowest BCUT2D eigenvalue weighted by Gasteiger charge is -2.18. The summed E-state index contributed by atoms with van der Waals surface area (Å²) in [5, 5.41) is 2.72. The van der Waals surface area contributed by atoms with Crippen molar-refractivity contribution in [2.24, 2.45) is 23.7 Å². The number of allylic oxidation sites excluding steroid dienone is 2. The summed E-state index contributed by atoms with van der Waals surface area (Å²) in [4.78, 5) is 52.1. The minimum atomic E-state index is -0.707. The molecule has 174 valence electrons. The summed E-state index contributed by atoms with van der Waals surface area (Å²) < 4.78 is 6.15. The minimum Gasteiger partial charge on any atom is -0.452 e. The molecule has 2 aliphatic carbocycles. The van der Waals surface area contributed by atoms with Gasteiger partial charge in [0.05, 0.1) is 23.1 Å². The predicted molar refractivity (Wildman–Crippen MR) is 129 cm³/mol. The highest BCUT2D eigenvalue weighted by molar-refractivity contribution is 9.10. The Kier molecular flexibility index (Phi) is 5.64. The minimum absolute atomic E-state index is 0.112. The highest BCUT2D eigenvalue weighted by atomic mass is 79.9. The summed E-state index contributed by atoms with van der Waals surface area (Å²) in [6.45, 7) is 3.38. The summed E-state index contributed by atoms with van der Waals surface area (Å²) in [5.41, 5.74) is 3.08. The van der Waals surface area contributed by atoms with E-state index in [2.05, 4.69) is 21.2 Å². The number of carbonyl (C=O) groups excluding carboxylic acids is 4. The predicted octanol–water partition coefficient (Wildman–Crippen LogP) is 4.17. The van der Waals surface area contributed by atoms with Crippen LogP contribution in [-0.4, -0.2) is 30.3 Å². The van der Waals surface area contributed by atoms with Crippen LogP contribution in [0.3, 0.4) is 0 Å². The number of benzene rings is 2. The third kappa shape index (κ3) is 3.76. The van der Waals surface area contributed by atoms with Gasteiger partial charge in [-0.05, 0) is 73.6 Å². The number of fused-ring (bicyclic) bond motifs is 5. The first kappa shape index (κ1) is 22.5. The SMILES string of the molecule is Cc1cc(NC(=O)COC(=O)c2cccc(N3C(=O)[C@H]4[C@H](C3=O)[C@H]3C=C[C@H]4C3)c2)cc(C)c1Br. The fourth-order valence-electron chi connectivity index (χ4n) is 5.36. The third-order valence-electron chi connectivity index (χ3n) is 6.86. The molecule has 5 rings (SSSR count). The molecule has 3 amide bonds. The van der Waals surface area contributed by atoms with Gasteiger partial charge in [0.15, 0.2) is 6.61 Å². The number of nitrogens with zero attached hydrogens (tertiary/aromatic N) is 1. The number of esters is 1. The fraction of sp³-hybridized carbons (Fsp3) is 0.308. The molecule has 2 aromatic rings. The zero-order chi connectivity index (χ0) is 24.1. The number of halogens is 1. The number of rotatable bonds is 5. The van der Waals surface area contributed by atoms with Crippen LogP contribution in [-0.2, 0) is 19.1 Å². The molecule has 34 heavy (non-hydrogen) atoms. The number of nitrogens with one attached hydrogen (secondary N) is 1. The molecule has 1 heterocycles. The lowest BCUT2D eigenvalue weighted by Crippen LogP contribution is -2.33. The van der Waals surface area contributed by atoms with Crippen LogP contribution in [0.4, 0.5) is 11.4 Å². The van der Waals surface area contributed by atoms with E-state index in [1.165, 1.54) is 17.0 Å². The number of ether oxygens (including phenoxy) is 1. The molecule has 0 unspecified atom stereocenters. The Hall–Kier alpha value is -3.26. The maximum Gasteiger partial charge on any atom is 0.338 e. The van der Waals surface area contributed by atoms with Gasteiger partial charge in [0.2, 0.25) is 11.8 Å². The van der Waals surface area contributed by atoms with Crippen molar-refractivity contribution in [1.82, 2.24) is 0 Å². The zero-order valence-corrected chi connectivity index (χ0v) is 20.3. The molecule has 0 radical (unpaired) electrons. The van der Waals surface area contributed by atoms with Crippen LogP contribution in [0.25, 0.3) is 0 Å². The third-order valence-corrected chi connectivity index (χ3v) is 8.12. The molecule has 1 saturated carbocycles. The molecule has 7 nitrogen and oxygen atoms in total. The van der Waals surface area contributed by atoms with Gasteiger partial charge in [0.25, 0.3) is 5.91 Å². The van der Waals surface area contributed by atoms with Gasteiger partial charge in [0.1, 0.15) is 0 Å². The van der Waals surface area contributed by atoms with E-state index < -0.39 is 18.5 Å². The normalized spacial score (nSPS) is 24.5. The Bertz CT molecular complexity index is 1220. The Labute approximate surface area is 205 Å². The topological polar surface area (TPSA) is 92.8 Å². The van der Waals surface area contributed by atoms with Crippen LogP contribution in [0.2, 0.25) is 0 Å². The van der Waals surface area contributed by atoms with Crippen molar-refractivity contribution in [2.45, 2.75) is 20.3 Å². The molecule has 4 atom stereocenters. The number of hydrogen-bond acceptors (Lipinski definition) is 5. The number of imide groups is 1. The molecule has 3 aliphatic rings.